The van der Waals surface area contributed by atoms with Crippen LogP contribution in [-0.4, -0.2) is 54.5 Å². The van der Waals surface area contributed by atoms with Crippen molar-refractivity contribution in [1.29, 1.82) is 0 Å². The molecule has 0 saturated carbocycles. The predicted octanol–water partition coefficient (Wildman–Crippen LogP) is 3.05. The Morgan fingerprint density at radius 1 is 1.09 bits per heavy atom. The van der Waals surface area contributed by atoms with Crippen molar-refractivity contribution in [2.45, 2.75) is 50.3 Å². The molecule has 1 fully saturated rings. The van der Waals surface area contributed by atoms with Crippen LogP contribution in [0.4, 0.5) is 4.79 Å². The molecule has 2 aromatic carbocycles. The monoisotopic (exact) mass is 452 g/mol. The number of benzene rings is 2. The Morgan fingerprint density at radius 3 is 2.33 bits per heavy atom. The lowest BCUT2D eigenvalue weighted by atomic mass is 9.98. The number of alkyl carbamates (subject to hydrolysis) is 1. The van der Waals surface area contributed by atoms with Crippen molar-refractivity contribution in [3.8, 4) is 11.1 Å². The maximum Gasteiger partial charge on any atom is 0.407 e. The first-order chi connectivity index (χ1) is 16.0. The fourth-order valence-corrected chi connectivity index (χ4v) is 4.57. The summed E-state index contributed by atoms with van der Waals surface area (Å²) in [6.45, 7) is 2.35. The number of fused-ring (bicyclic) bond motifs is 3. The van der Waals surface area contributed by atoms with Gasteiger partial charge in [-0.25, -0.2) is 9.59 Å². The van der Waals surface area contributed by atoms with Crippen LogP contribution in [0.25, 0.3) is 11.1 Å². The maximum atomic E-state index is 12.5. The van der Waals surface area contributed by atoms with Gasteiger partial charge in [-0.3, -0.25) is 4.79 Å². The molecule has 0 spiro atoms. The van der Waals surface area contributed by atoms with E-state index in [1.54, 1.807) is 0 Å². The molecule has 0 bridgehead atoms. The molecule has 8 nitrogen and oxygen atoms in total. The molecular formula is C25H28N2O6. The summed E-state index contributed by atoms with van der Waals surface area (Å²) in [5, 5.41) is 14.6. The summed E-state index contributed by atoms with van der Waals surface area (Å²) in [6.07, 6.45) is -0.613. The summed E-state index contributed by atoms with van der Waals surface area (Å²) in [4.78, 5) is 36.1. The number of carboxylic acids is 1. The molecule has 2 unspecified atom stereocenters. The fourth-order valence-electron chi connectivity index (χ4n) is 4.57. The first-order valence-corrected chi connectivity index (χ1v) is 11.2. The van der Waals surface area contributed by atoms with E-state index in [0.29, 0.717) is 12.8 Å². The van der Waals surface area contributed by atoms with Crippen LogP contribution in [0.3, 0.4) is 0 Å². The van der Waals surface area contributed by atoms with Crippen LogP contribution in [0.15, 0.2) is 48.5 Å². The van der Waals surface area contributed by atoms with E-state index in [0.717, 1.165) is 22.3 Å². The largest absolute Gasteiger partial charge is 0.479 e. The van der Waals surface area contributed by atoms with Gasteiger partial charge in [0.25, 0.3) is 0 Å². The van der Waals surface area contributed by atoms with Gasteiger partial charge < -0.3 is 25.2 Å². The van der Waals surface area contributed by atoms with E-state index in [-0.39, 0.29) is 31.5 Å². The van der Waals surface area contributed by atoms with Crippen molar-refractivity contribution < 1.29 is 29.0 Å². The topological polar surface area (TPSA) is 114 Å². The summed E-state index contributed by atoms with van der Waals surface area (Å²) < 4.78 is 10.7. The van der Waals surface area contributed by atoms with Gasteiger partial charge in [0.05, 0.1) is 6.04 Å². The van der Waals surface area contributed by atoms with Gasteiger partial charge in [-0.1, -0.05) is 55.5 Å². The Morgan fingerprint density at radius 2 is 1.73 bits per heavy atom. The van der Waals surface area contributed by atoms with E-state index in [4.69, 9.17) is 14.6 Å². The Hall–Kier alpha value is -3.39. The molecule has 0 radical (unpaired) electrons. The van der Waals surface area contributed by atoms with E-state index in [2.05, 4.69) is 34.9 Å². The molecule has 2 aromatic rings. The molecule has 4 rings (SSSR count). The molecule has 1 saturated heterocycles. The minimum absolute atomic E-state index is 0.0313. The first kappa shape index (κ1) is 22.8. The average Bonchev–Trinajstić information content (AvgIpc) is 3.40. The highest BCUT2D eigenvalue weighted by Crippen LogP contribution is 2.44. The van der Waals surface area contributed by atoms with E-state index < -0.39 is 30.3 Å². The van der Waals surface area contributed by atoms with Crippen molar-refractivity contribution in [2.24, 2.45) is 0 Å². The number of ether oxygens (including phenoxy) is 2. The summed E-state index contributed by atoms with van der Waals surface area (Å²) in [7, 11) is 0. The molecule has 3 N–H and O–H groups in total. The summed E-state index contributed by atoms with van der Waals surface area (Å²) in [6, 6.07) is 15.2. The second kappa shape index (κ2) is 10.0. The normalized spacial score (nSPS) is 19.9. The molecule has 8 heteroatoms. The van der Waals surface area contributed by atoms with Crippen molar-refractivity contribution >= 4 is 18.0 Å². The summed E-state index contributed by atoms with van der Waals surface area (Å²) in [5.74, 6) is -1.47. The van der Waals surface area contributed by atoms with Gasteiger partial charge in [-0.15, -0.1) is 0 Å². The Kier molecular flexibility index (Phi) is 6.93. The third-order valence-corrected chi connectivity index (χ3v) is 6.27. The van der Waals surface area contributed by atoms with E-state index >= 15 is 0 Å². The van der Waals surface area contributed by atoms with Crippen molar-refractivity contribution in [3.05, 3.63) is 59.7 Å². The molecule has 2 amide bonds. The lowest BCUT2D eigenvalue weighted by Gasteiger charge is -2.21. The SMILES string of the molecule is CC[C@H](CC(=O)NC1CCOC1C(=O)O)NC(=O)OCC1c2ccccc2-c2ccccc21. The number of nitrogens with one attached hydrogen (secondary N) is 2. The zero-order valence-electron chi connectivity index (χ0n) is 18.5. The van der Waals surface area contributed by atoms with Crippen LogP contribution in [0.5, 0.6) is 0 Å². The minimum Gasteiger partial charge on any atom is -0.479 e. The van der Waals surface area contributed by atoms with Gasteiger partial charge in [-0.05, 0) is 35.1 Å². The molecule has 174 valence electrons. The highest BCUT2D eigenvalue weighted by Gasteiger charge is 2.35. The van der Waals surface area contributed by atoms with Gasteiger partial charge in [0.1, 0.15) is 6.61 Å². The minimum atomic E-state index is -1.10. The number of aliphatic carboxylic acids is 1. The number of carboxylic acid groups (broad SMARTS) is 1. The smallest absolute Gasteiger partial charge is 0.407 e. The molecule has 3 atom stereocenters. The lowest BCUT2D eigenvalue weighted by molar-refractivity contribution is -0.148. The number of amides is 2. The quantitative estimate of drug-likeness (QED) is 0.567. The summed E-state index contributed by atoms with van der Waals surface area (Å²) >= 11 is 0. The van der Waals surface area contributed by atoms with Crippen molar-refractivity contribution in [1.82, 2.24) is 10.6 Å². The second-order valence-corrected chi connectivity index (χ2v) is 8.37. The number of carbonyl (C=O) groups is 3. The van der Waals surface area contributed by atoms with Gasteiger partial charge in [0.15, 0.2) is 6.10 Å². The second-order valence-electron chi connectivity index (χ2n) is 8.37. The molecular weight excluding hydrogens is 424 g/mol. The van der Waals surface area contributed by atoms with Crippen LogP contribution < -0.4 is 10.6 Å². The van der Waals surface area contributed by atoms with Gasteiger partial charge in [0, 0.05) is 25.0 Å². The number of hydrogen-bond acceptors (Lipinski definition) is 5. The van der Waals surface area contributed by atoms with Crippen molar-refractivity contribution in [3.63, 3.8) is 0 Å². The van der Waals surface area contributed by atoms with Crippen LogP contribution in [0.1, 0.15) is 43.2 Å². The highest BCUT2D eigenvalue weighted by atomic mass is 16.5. The van der Waals surface area contributed by atoms with E-state index in [1.165, 1.54) is 0 Å². The number of hydrogen-bond donors (Lipinski definition) is 3. The average molecular weight is 453 g/mol. The van der Waals surface area contributed by atoms with Crippen LogP contribution >= 0.6 is 0 Å². The molecule has 0 aromatic heterocycles. The molecule has 1 heterocycles. The van der Waals surface area contributed by atoms with Gasteiger partial charge in [-0.2, -0.15) is 0 Å². The van der Waals surface area contributed by atoms with Gasteiger partial charge in [0.2, 0.25) is 5.91 Å². The Labute approximate surface area is 192 Å². The van der Waals surface area contributed by atoms with Gasteiger partial charge >= 0.3 is 12.1 Å². The third-order valence-electron chi connectivity index (χ3n) is 6.27. The third kappa shape index (κ3) is 5.01. The Bertz CT molecular complexity index is 994. The fraction of sp³-hybridized carbons (Fsp3) is 0.400. The molecule has 1 aliphatic carbocycles. The van der Waals surface area contributed by atoms with Crippen LogP contribution in [0.2, 0.25) is 0 Å². The summed E-state index contributed by atoms with van der Waals surface area (Å²) in [5.41, 5.74) is 4.57. The highest BCUT2D eigenvalue weighted by molar-refractivity contribution is 5.81. The zero-order valence-corrected chi connectivity index (χ0v) is 18.5. The molecule has 1 aliphatic heterocycles. The van der Waals surface area contributed by atoms with E-state index in [1.807, 2.05) is 31.2 Å². The van der Waals surface area contributed by atoms with Crippen molar-refractivity contribution in [2.75, 3.05) is 13.2 Å². The Balaban J connectivity index is 1.31. The zero-order chi connectivity index (χ0) is 23.4. The van der Waals surface area contributed by atoms with Crippen LogP contribution in [-0.2, 0) is 19.1 Å². The van der Waals surface area contributed by atoms with Crippen LogP contribution in [0, 0.1) is 0 Å². The predicted molar refractivity (Wildman–Crippen MR) is 121 cm³/mol. The molecule has 33 heavy (non-hydrogen) atoms. The first-order valence-electron chi connectivity index (χ1n) is 11.2. The number of rotatable bonds is 8. The number of carbonyl (C=O) groups excluding carboxylic acids is 2. The lowest BCUT2D eigenvalue weighted by Crippen LogP contribution is -2.46. The van der Waals surface area contributed by atoms with E-state index in [9.17, 15) is 14.4 Å². The maximum absolute atomic E-state index is 12.5. The standard InChI is InChI=1S/C25H28N2O6/c1-2-15(13-22(28)27-21-11-12-32-23(21)24(29)30)26-25(31)33-14-20-18-9-5-3-7-16(18)17-8-4-6-10-19(17)20/h3-10,15,20-21,23H,2,11-14H2,1H3,(H,26,31)(H,27,28)(H,29,30)/t15-,21?,23?/m1/s1. The molecule has 2 aliphatic rings.